The molecule has 106 valence electrons. The van der Waals surface area contributed by atoms with Gasteiger partial charge in [0, 0.05) is 6.54 Å². The first-order chi connectivity index (χ1) is 9.10. The van der Waals surface area contributed by atoms with Gasteiger partial charge in [0.1, 0.15) is 5.82 Å². The van der Waals surface area contributed by atoms with E-state index in [1.54, 1.807) is 6.07 Å². The van der Waals surface area contributed by atoms with Crippen LogP contribution >= 0.6 is 23.2 Å². The Hall–Kier alpha value is -0.750. The van der Waals surface area contributed by atoms with Gasteiger partial charge < -0.3 is 15.6 Å². The molecule has 19 heavy (non-hydrogen) atoms. The SMILES string of the molecule is CN1CCC(CNc2nc(NN)c(Cl)cc2Cl)CC1. The van der Waals surface area contributed by atoms with Crippen LogP contribution in [0.4, 0.5) is 11.6 Å². The fourth-order valence-corrected chi connectivity index (χ4v) is 2.68. The van der Waals surface area contributed by atoms with Crippen molar-refractivity contribution in [2.75, 3.05) is 37.4 Å². The van der Waals surface area contributed by atoms with E-state index in [0.29, 0.717) is 27.6 Å². The van der Waals surface area contributed by atoms with Crippen LogP contribution in [0.2, 0.25) is 10.0 Å². The molecule has 1 fully saturated rings. The van der Waals surface area contributed by atoms with Gasteiger partial charge in [0.15, 0.2) is 5.82 Å². The van der Waals surface area contributed by atoms with Crippen LogP contribution in [0.3, 0.4) is 0 Å². The molecule has 7 heteroatoms. The number of halogens is 2. The molecule has 0 radical (unpaired) electrons. The highest BCUT2D eigenvalue weighted by molar-refractivity contribution is 6.37. The Morgan fingerprint density at radius 1 is 1.32 bits per heavy atom. The summed E-state index contributed by atoms with van der Waals surface area (Å²) in [6.07, 6.45) is 2.38. The van der Waals surface area contributed by atoms with Crippen LogP contribution in [-0.2, 0) is 0 Å². The molecule has 0 saturated carbocycles. The fourth-order valence-electron chi connectivity index (χ4n) is 2.20. The molecular weight excluding hydrogens is 285 g/mol. The summed E-state index contributed by atoms with van der Waals surface area (Å²) < 4.78 is 0. The van der Waals surface area contributed by atoms with Gasteiger partial charge in [-0.1, -0.05) is 23.2 Å². The van der Waals surface area contributed by atoms with Crippen molar-refractivity contribution in [3.05, 3.63) is 16.1 Å². The quantitative estimate of drug-likeness (QED) is 0.589. The summed E-state index contributed by atoms with van der Waals surface area (Å²) >= 11 is 12.1. The number of nitrogens with zero attached hydrogens (tertiary/aromatic N) is 2. The molecule has 0 unspecified atom stereocenters. The van der Waals surface area contributed by atoms with E-state index in [0.717, 1.165) is 19.6 Å². The second-order valence-corrected chi connectivity index (χ2v) is 5.74. The average molecular weight is 304 g/mol. The van der Waals surface area contributed by atoms with E-state index in [2.05, 4.69) is 27.7 Å². The molecule has 1 aliphatic heterocycles. The Labute approximate surface area is 123 Å². The van der Waals surface area contributed by atoms with Crippen molar-refractivity contribution in [1.82, 2.24) is 9.88 Å². The van der Waals surface area contributed by atoms with Crippen molar-refractivity contribution in [3.63, 3.8) is 0 Å². The number of nitrogens with one attached hydrogen (secondary N) is 2. The van der Waals surface area contributed by atoms with Crippen LogP contribution in [-0.4, -0.2) is 36.6 Å². The van der Waals surface area contributed by atoms with E-state index in [1.165, 1.54) is 12.8 Å². The zero-order chi connectivity index (χ0) is 13.8. The molecule has 2 heterocycles. The van der Waals surface area contributed by atoms with E-state index >= 15 is 0 Å². The van der Waals surface area contributed by atoms with Crippen LogP contribution in [0, 0.1) is 5.92 Å². The summed E-state index contributed by atoms with van der Waals surface area (Å²) in [5, 5.41) is 4.21. The molecular formula is C12H19Cl2N5. The summed E-state index contributed by atoms with van der Waals surface area (Å²) in [5.41, 5.74) is 2.46. The molecule has 0 aliphatic carbocycles. The number of rotatable bonds is 4. The third-order valence-electron chi connectivity index (χ3n) is 3.46. The van der Waals surface area contributed by atoms with E-state index in [1.807, 2.05) is 0 Å². The standard InChI is InChI=1S/C12H19Cl2N5/c1-19-4-2-8(3-5-19)7-16-11-9(13)6-10(14)12(17-11)18-15/h6,8H,2-5,7,15H2,1H3,(H2,16,17,18). The Bertz CT molecular complexity index is 432. The second kappa shape index (κ2) is 6.61. The van der Waals surface area contributed by atoms with Crippen molar-refractivity contribution >= 4 is 34.8 Å². The van der Waals surface area contributed by atoms with E-state index in [9.17, 15) is 0 Å². The van der Waals surface area contributed by atoms with Gasteiger partial charge in [-0.25, -0.2) is 10.8 Å². The number of nitrogens with two attached hydrogens (primary N) is 1. The van der Waals surface area contributed by atoms with Crippen molar-refractivity contribution in [2.45, 2.75) is 12.8 Å². The van der Waals surface area contributed by atoms with Gasteiger partial charge in [0.25, 0.3) is 0 Å². The van der Waals surface area contributed by atoms with Crippen molar-refractivity contribution in [2.24, 2.45) is 11.8 Å². The van der Waals surface area contributed by atoms with Gasteiger partial charge in [0.05, 0.1) is 10.0 Å². The van der Waals surface area contributed by atoms with Crippen LogP contribution in [0.25, 0.3) is 0 Å². The Morgan fingerprint density at radius 2 is 1.95 bits per heavy atom. The molecule has 4 N–H and O–H groups in total. The van der Waals surface area contributed by atoms with Gasteiger partial charge in [-0.2, -0.15) is 0 Å². The summed E-state index contributed by atoms with van der Waals surface area (Å²) in [4.78, 5) is 6.62. The second-order valence-electron chi connectivity index (χ2n) is 4.92. The smallest absolute Gasteiger partial charge is 0.161 e. The summed E-state index contributed by atoms with van der Waals surface area (Å²) in [5.74, 6) is 7.05. The van der Waals surface area contributed by atoms with Crippen LogP contribution in [0.15, 0.2) is 6.07 Å². The highest BCUT2D eigenvalue weighted by atomic mass is 35.5. The molecule has 0 spiro atoms. The molecule has 0 aromatic carbocycles. The van der Waals surface area contributed by atoms with E-state index in [-0.39, 0.29) is 0 Å². The zero-order valence-electron chi connectivity index (χ0n) is 10.9. The molecule has 5 nitrogen and oxygen atoms in total. The molecule has 1 aromatic rings. The van der Waals surface area contributed by atoms with Gasteiger partial charge >= 0.3 is 0 Å². The minimum Gasteiger partial charge on any atom is -0.368 e. The lowest BCUT2D eigenvalue weighted by Gasteiger charge is -2.29. The maximum atomic E-state index is 6.11. The number of hydrogen-bond acceptors (Lipinski definition) is 5. The van der Waals surface area contributed by atoms with Crippen molar-refractivity contribution in [3.8, 4) is 0 Å². The number of hydrazine groups is 1. The van der Waals surface area contributed by atoms with Crippen molar-refractivity contribution < 1.29 is 0 Å². The summed E-state index contributed by atoms with van der Waals surface area (Å²) in [6.45, 7) is 3.15. The Kier molecular flexibility index (Phi) is 5.10. The van der Waals surface area contributed by atoms with E-state index < -0.39 is 0 Å². The van der Waals surface area contributed by atoms with Gasteiger partial charge in [-0.3, -0.25) is 0 Å². The van der Waals surface area contributed by atoms with Crippen LogP contribution in [0.5, 0.6) is 0 Å². The molecule has 0 bridgehead atoms. The molecule has 2 rings (SSSR count). The van der Waals surface area contributed by atoms with Crippen molar-refractivity contribution in [1.29, 1.82) is 0 Å². The minimum absolute atomic E-state index is 0.414. The molecule has 1 aromatic heterocycles. The predicted octanol–water partition coefficient (Wildman–Crippen LogP) is 2.43. The van der Waals surface area contributed by atoms with E-state index in [4.69, 9.17) is 29.0 Å². The normalized spacial score (nSPS) is 17.5. The number of hydrogen-bond donors (Lipinski definition) is 3. The largest absolute Gasteiger partial charge is 0.368 e. The maximum absolute atomic E-state index is 6.11. The third-order valence-corrected chi connectivity index (χ3v) is 4.04. The maximum Gasteiger partial charge on any atom is 0.161 e. The number of aromatic nitrogens is 1. The van der Waals surface area contributed by atoms with Gasteiger partial charge in [-0.05, 0) is 45.0 Å². The highest BCUT2D eigenvalue weighted by Gasteiger charge is 2.17. The first kappa shape index (κ1) is 14.7. The lowest BCUT2D eigenvalue weighted by molar-refractivity contribution is 0.226. The predicted molar refractivity (Wildman–Crippen MR) is 80.8 cm³/mol. The third kappa shape index (κ3) is 3.86. The lowest BCUT2D eigenvalue weighted by Crippen LogP contribution is -2.33. The fraction of sp³-hybridized carbons (Fsp3) is 0.583. The van der Waals surface area contributed by atoms with Gasteiger partial charge in [0.2, 0.25) is 0 Å². The summed E-state index contributed by atoms with van der Waals surface area (Å²) in [7, 11) is 2.15. The lowest BCUT2D eigenvalue weighted by atomic mass is 9.97. The Balaban J connectivity index is 1.95. The highest BCUT2D eigenvalue weighted by Crippen LogP contribution is 2.29. The number of anilines is 2. The first-order valence-corrected chi connectivity index (χ1v) is 7.11. The molecule has 0 amide bonds. The zero-order valence-corrected chi connectivity index (χ0v) is 12.4. The topological polar surface area (TPSA) is 66.2 Å². The van der Waals surface area contributed by atoms with Gasteiger partial charge in [-0.15, -0.1) is 0 Å². The summed E-state index contributed by atoms with van der Waals surface area (Å²) in [6, 6.07) is 1.64. The number of pyridine rings is 1. The van der Waals surface area contributed by atoms with Crippen LogP contribution in [0.1, 0.15) is 12.8 Å². The monoisotopic (exact) mass is 303 g/mol. The Morgan fingerprint density at radius 3 is 2.58 bits per heavy atom. The number of likely N-dealkylation sites (tertiary alicyclic amines) is 1. The minimum atomic E-state index is 0.414. The molecule has 1 saturated heterocycles. The number of piperidine rings is 1. The number of nitrogen functional groups attached to an aromatic ring is 1. The molecule has 0 atom stereocenters. The van der Waals surface area contributed by atoms with Crippen LogP contribution < -0.4 is 16.6 Å². The first-order valence-electron chi connectivity index (χ1n) is 6.35. The average Bonchev–Trinajstić information content (AvgIpc) is 2.40. The molecule has 1 aliphatic rings.